The molecule has 0 aromatic heterocycles. The Morgan fingerprint density at radius 2 is 2.31 bits per heavy atom. The van der Waals surface area contributed by atoms with Crippen LogP contribution in [0.4, 0.5) is 0 Å². The Balaban J connectivity index is 2.54. The highest BCUT2D eigenvalue weighted by Gasteiger charge is 2.45. The Kier molecular flexibility index (Phi) is 5.12. The van der Waals surface area contributed by atoms with Crippen LogP contribution in [-0.2, 0) is 4.79 Å². The zero-order valence-electron chi connectivity index (χ0n) is 10.6. The number of thioether (sulfide) groups is 1. The van der Waals surface area contributed by atoms with Crippen LogP contribution in [0.25, 0.3) is 0 Å². The maximum atomic E-state index is 11.6. The predicted octanol–water partition coefficient (Wildman–Crippen LogP) is 1.76. The Morgan fingerprint density at radius 3 is 2.81 bits per heavy atom. The summed E-state index contributed by atoms with van der Waals surface area (Å²) in [5.41, 5.74) is 5.12. The van der Waals surface area contributed by atoms with Crippen molar-refractivity contribution in [2.24, 2.45) is 11.7 Å². The van der Waals surface area contributed by atoms with Gasteiger partial charge in [0.25, 0.3) is 0 Å². The third kappa shape index (κ3) is 2.92. The molecule has 1 rings (SSSR count). The van der Waals surface area contributed by atoms with Gasteiger partial charge in [0.05, 0.1) is 0 Å². The van der Waals surface area contributed by atoms with Crippen molar-refractivity contribution in [2.45, 2.75) is 50.3 Å². The lowest BCUT2D eigenvalue weighted by atomic mass is 9.84. The van der Waals surface area contributed by atoms with Crippen LogP contribution in [0.5, 0.6) is 0 Å². The van der Waals surface area contributed by atoms with Crippen LogP contribution in [0.2, 0.25) is 0 Å². The van der Waals surface area contributed by atoms with Gasteiger partial charge in [0.2, 0.25) is 5.91 Å². The molecule has 3 nitrogen and oxygen atoms in total. The normalized spacial score (nSPS) is 29.9. The molecule has 0 aromatic rings. The first-order chi connectivity index (χ1) is 7.53. The summed E-state index contributed by atoms with van der Waals surface area (Å²) in [5, 5.41) is 3.85. The SMILES string of the molecule is CNC1(C(N)=O)CCCC1CCSC(C)C. The van der Waals surface area contributed by atoms with Crippen LogP contribution in [-0.4, -0.2) is 29.5 Å². The van der Waals surface area contributed by atoms with Crippen molar-refractivity contribution in [3.63, 3.8) is 0 Å². The fourth-order valence-corrected chi connectivity index (χ4v) is 3.58. The number of likely N-dealkylation sites (N-methyl/N-ethyl adjacent to an activating group) is 1. The van der Waals surface area contributed by atoms with Gasteiger partial charge in [0, 0.05) is 0 Å². The second-order valence-electron chi connectivity index (χ2n) is 4.88. The fraction of sp³-hybridized carbons (Fsp3) is 0.917. The van der Waals surface area contributed by atoms with E-state index in [0.29, 0.717) is 11.2 Å². The lowest BCUT2D eigenvalue weighted by Gasteiger charge is -2.32. The standard InChI is InChI=1S/C12H24N2OS/c1-9(2)16-8-6-10-5-4-7-12(10,14-3)11(13)15/h9-10,14H,4-8H2,1-3H3,(H2,13,15). The van der Waals surface area contributed by atoms with E-state index in [1.165, 1.54) is 0 Å². The molecular weight excluding hydrogens is 220 g/mol. The van der Waals surface area contributed by atoms with E-state index < -0.39 is 5.54 Å². The van der Waals surface area contributed by atoms with Crippen LogP contribution in [0.1, 0.15) is 39.5 Å². The van der Waals surface area contributed by atoms with Gasteiger partial charge in [0.15, 0.2) is 0 Å². The Bertz CT molecular complexity index is 245. The van der Waals surface area contributed by atoms with E-state index in [0.717, 1.165) is 31.4 Å². The number of amides is 1. The minimum absolute atomic E-state index is 0.174. The smallest absolute Gasteiger partial charge is 0.238 e. The lowest BCUT2D eigenvalue weighted by Crippen LogP contribution is -2.56. The summed E-state index contributed by atoms with van der Waals surface area (Å²) in [6, 6.07) is 0. The molecule has 1 fully saturated rings. The zero-order valence-corrected chi connectivity index (χ0v) is 11.4. The molecule has 1 aliphatic rings. The van der Waals surface area contributed by atoms with Crippen molar-refractivity contribution in [2.75, 3.05) is 12.8 Å². The fourth-order valence-electron chi connectivity index (χ4n) is 2.69. The molecule has 0 heterocycles. The van der Waals surface area contributed by atoms with Crippen LogP contribution < -0.4 is 11.1 Å². The quantitative estimate of drug-likeness (QED) is 0.748. The summed E-state index contributed by atoms with van der Waals surface area (Å²) in [4.78, 5) is 11.6. The first-order valence-corrected chi connectivity index (χ1v) is 7.18. The van der Waals surface area contributed by atoms with Crippen molar-refractivity contribution in [1.82, 2.24) is 5.32 Å². The first kappa shape index (κ1) is 13.8. The van der Waals surface area contributed by atoms with Crippen molar-refractivity contribution in [3.8, 4) is 0 Å². The summed E-state index contributed by atoms with van der Waals surface area (Å²) in [6.07, 6.45) is 4.23. The number of hydrogen-bond acceptors (Lipinski definition) is 3. The lowest BCUT2D eigenvalue weighted by molar-refractivity contribution is -0.125. The van der Waals surface area contributed by atoms with Crippen LogP contribution in [0.15, 0.2) is 0 Å². The van der Waals surface area contributed by atoms with Gasteiger partial charge in [-0.15, -0.1) is 0 Å². The molecule has 0 aliphatic heterocycles. The summed E-state index contributed by atoms with van der Waals surface area (Å²) in [7, 11) is 1.86. The second kappa shape index (κ2) is 5.92. The molecule has 1 aliphatic carbocycles. The van der Waals surface area contributed by atoms with Crippen LogP contribution in [0, 0.1) is 5.92 Å². The molecule has 0 saturated heterocycles. The number of nitrogens with one attached hydrogen (secondary N) is 1. The van der Waals surface area contributed by atoms with E-state index in [2.05, 4.69) is 19.2 Å². The van der Waals surface area contributed by atoms with E-state index >= 15 is 0 Å². The number of primary amides is 1. The molecule has 2 unspecified atom stereocenters. The summed E-state index contributed by atoms with van der Waals surface area (Å²) < 4.78 is 0. The average Bonchev–Trinajstić information content (AvgIpc) is 2.61. The topological polar surface area (TPSA) is 55.1 Å². The zero-order chi connectivity index (χ0) is 12.2. The summed E-state index contributed by atoms with van der Waals surface area (Å²) >= 11 is 1.96. The molecule has 94 valence electrons. The van der Waals surface area contributed by atoms with E-state index in [9.17, 15) is 4.79 Å². The first-order valence-electron chi connectivity index (χ1n) is 6.13. The Morgan fingerprint density at radius 1 is 1.62 bits per heavy atom. The van der Waals surface area contributed by atoms with Gasteiger partial charge in [-0.3, -0.25) is 4.79 Å². The van der Waals surface area contributed by atoms with E-state index in [-0.39, 0.29) is 5.91 Å². The maximum absolute atomic E-state index is 11.6. The number of rotatable bonds is 6. The molecule has 16 heavy (non-hydrogen) atoms. The highest BCUT2D eigenvalue weighted by Crippen LogP contribution is 2.38. The van der Waals surface area contributed by atoms with Crippen molar-refractivity contribution in [1.29, 1.82) is 0 Å². The second-order valence-corrected chi connectivity index (χ2v) is 6.57. The predicted molar refractivity (Wildman–Crippen MR) is 70.5 cm³/mol. The van der Waals surface area contributed by atoms with Gasteiger partial charge < -0.3 is 11.1 Å². The third-order valence-electron chi connectivity index (χ3n) is 3.62. The molecule has 1 amide bonds. The van der Waals surface area contributed by atoms with Gasteiger partial charge in [0.1, 0.15) is 5.54 Å². The monoisotopic (exact) mass is 244 g/mol. The van der Waals surface area contributed by atoms with Gasteiger partial charge in [-0.1, -0.05) is 20.3 Å². The molecule has 0 bridgehead atoms. The molecule has 0 aromatic carbocycles. The molecule has 4 heteroatoms. The van der Waals surface area contributed by atoms with Gasteiger partial charge in [-0.25, -0.2) is 0 Å². The van der Waals surface area contributed by atoms with Crippen molar-refractivity contribution < 1.29 is 4.79 Å². The van der Waals surface area contributed by atoms with E-state index in [1.54, 1.807) is 0 Å². The van der Waals surface area contributed by atoms with E-state index in [1.807, 2.05) is 18.8 Å². The average molecular weight is 244 g/mol. The molecule has 3 N–H and O–H groups in total. The van der Waals surface area contributed by atoms with Crippen LogP contribution >= 0.6 is 11.8 Å². The molecule has 0 spiro atoms. The minimum Gasteiger partial charge on any atom is -0.368 e. The van der Waals surface area contributed by atoms with Crippen LogP contribution in [0.3, 0.4) is 0 Å². The Hall–Kier alpha value is -0.220. The molecule has 1 saturated carbocycles. The van der Waals surface area contributed by atoms with Gasteiger partial charge in [-0.2, -0.15) is 11.8 Å². The highest BCUT2D eigenvalue weighted by molar-refractivity contribution is 7.99. The minimum atomic E-state index is -0.433. The number of carbonyl (C=O) groups excluding carboxylic acids is 1. The molecule has 0 radical (unpaired) electrons. The number of nitrogens with two attached hydrogens (primary N) is 1. The number of carbonyl (C=O) groups is 1. The van der Waals surface area contributed by atoms with Gasteiger partial charge in [-0.05, 0) is 43.2 Å². The largest absolute Gasteiger partial charge is 0.368 e. The van der Waals surface area contributed by atoms with Crippen molar-refractivity contribution >= 4 is 17.7 Å². The molecular formula is C12H24N2OS. The molecule has 2 atom stereocenters. The maximum Gasteiger partial charge on any atom is 0.238 e. The number of hydrogen-bond donors (Lipinski definition) is 2. The Labute approximate surface area is 103 Å². The summed E-state index contributed by atoms with van der Waals surface area (Å²) in [6.45, 7) is 4.41. The van der Waals surface area contributed by atoms with E-state index in [4.69, 9.17) is 5.73 Å². The van der Waals surface area contributed by atoms with Crippen molar-refractivity contribution in [3.05, 3.63) is 0 Å². The highest BCUT2D eigenvalue weighted by atomic mass is 32.2. The third-order valence-corrected chi connectivity index (χ3v) is 4.76. The van der Waals surface area contributed by atoms with Gasteiger partial charge >= 0.3 is 0 Å². The summed E-state index contributed by atoms with van der Waals surface area (Å²) in [5.74, 6) is 1.37.